The van der Waals surface area contributed by atoms with E-state index < -0.39 is 0 Å². The number of nitrogens with one attached hydrogen (secondary N) is 2. The van der Waals surface area contributed by atoms with Crippen molar-refractivity contribution >= 4 is 23.4 Å². The zero-order valence-corrected chi connectivity index (χ0v) is 17.7. The molecule has 0 saturated carbocycles. The van der Waals surface area contributed by atoms with Gasteiger partial charge in [0.15, 0.2) is 5.11 Å². The lowest BCUT2D eigenvalue weighted by atomic mass is 9.89. The molecule has 2 aromatic carbocycles. The molecule has 0 radical (unpaired) electrons. The summed E-state index contributed by atoms with van der Waals surface area (Å²) in [5, 5.41) is 7.50. The monoisotopic (exact) mass is 407 g/mol. The zero-order valence-electron chi connectivity index (χ0n) is 16.9. The fourth-order valence-electron chi connectivity index (χ4n) is 3.87. The van der Waals surface area contributed by atoms with Crippen LogP contribution in [0.3, 0.4) is 0 Å². The molecule has 0 spiro atoms. The van der Waals surface area contributed by atoms with E-state index in [9.17, 15) is 0 Å². The second kappa shape index (κ2) is 8.27. The molecule has 2 N–H and O–H groups in total. The number of nitrogens with zero attached hydrogens (tertiary/aromatic N) is 1. The highest BCUT2D eigenvalue weighted by atomic mass is 32.1. The molecular weight excluding hydrogens is 382 g/mol. The van der Waals surface area contributed by atoms with E-state index in [0.717, 1.165) is 35.8 Å². The van der Waals surface area contributed by atoms with Gasteiger partial charge in [0.1, 0.15) is 11.5 Å². The molecule has 2 heterocycles. The van der Waals surface area contributed by atoms with Crippen LogP contribution in [0, 0.1) is 0 Å². The molecule has 4 rings (SSSR count). The fourth-order valence-corrected chi connectivity index (χ4v) is 4.09. The SMILES string of the molecule is COc1ccc(C=C2CN(C)CC3=C2NC(=S)NC3c2ccc(OC)cc2)cc1. The summed E-state index contributed by atoms with van der Waals surface area (Å²) in [6.45, 7) is 1.73. The summed E-state index contributed by atoms with van der Waals surface area (Å²) < 4.78 is 10.6. The van der Waals surface area contributed by atoms with Crippen molar-refractivity contribution in [1.29, 1.82) is 0 Å². The summed E-state index contributed by atoms with van der Waals surface area (Å²) in [6.07, 6.45) is 2.22. The average molecular weight is 408 g/mol. The lowest BCUT2D eigenvalue weighted by Crippen LogP contribution is -2.49. The van der Waals surface area contributed by atoms with Gasteiger partial charge in [-0.2, -0.15) is 0 Å². The number of likely N-dealkylation sites (N-methyl/N-ethyl adjacent to an activating group) is 1. The molecule has 1 atom stereocenters. The van der Waals surface area contributed by atoms with Crippen molar-refractivity contribution in [1.82, 2.24) is 15.5 Å². The van der Waals surface area contributed by atoms with E-state index in [1.165, 1.54) is 16.7 Å². The van der Waals surface area contributed by atoms with Crippen molar-refractivity contribution in [3.63, 3.8) is 0 Å². The molecule has 2 aliphatic heterocycles. The van der Waals surface area contributed by atoms with Gasteiger partial charge in [0.25, 0.3) is 0 Å². The summed E-state index contributed by atoms with van der Waals surface area (Å²) in [7, 11) is 5.50. The first kappa shape index (κ1) is 19.5. The second-order valence-corrected chi connectivity index (χ2v) is 7.73. The Morgan fingerprint density at radius 3 is 2.21 bits per heavy atom. The van der Waals surface area contributed by atoms with Crippen LogP contribution in [0.4, 0.5) is 0 Å². The first-order valence-corrected chi connectivity index (χ1v) is 9.96. The summed E-state index contributed by atoms with van der Waals surface area (Å²) in [5.41, 5.74) is 5.94. The predicted octanol–water partition coefficient (Wildman–Crippen LogP) is 3.51. The van der Waals surface area contributed by atoms with Gasteiger partial charge in [-0.3, -0.25) is 4.90 Å². The minimum absolute atomic E-state index is 0.0340. The quantitative estimate of drug-likeness (QED) is 0.757. The van der Waals surface area contributed by atoms with Crippen LogP contribution in [0.1, 0.15) is 17.2 Å². The number of benzene rings is 2. The fraction of sp³-hybridized carbons (Fsp3) is 0.261. The Balaban J connectivity index is 1.74. The summed E-state index contributed by atoms with van der Waals surface area (Å²) >= 11 is 5.54. The van der Waals surface area contributed by atoms with Crippen molar-refractivity contribution in [3.05, 3.63) is 76.5 Å². The molecule has 0 aliphatic carbocycles. The number of methoxy groups -OCH3 is 2. The minimum Gasteiger partial charge on any atom is -0.497 e. The van der Waals surface area contributed by atoms with Gasteiger partial charge < -0.3 is 20.1 Å². The van der Waals surface area contributed by atoms with Crippen LogP contribution in [-0.2, 0) is 0 Å². The summed E-state index contributed by atoms with van der Waals surface area (Å²) in [5.74, 6) is 1.70. The van der Waals surface area contributed by atoms with E-state index in [4.69, 9.17) is 21.7 Å². The third kappa shape index (κ3) is 4.13. The molecular formula is C23H25N3O2S. The maximum Gasteiger partial charge on any atom is 0.171 e. The molecule has 0 bridgehead atoms. The van der Waals surface area contributed by atoms with Gasteiger partial charge in [-0.05, 0) is 71.9 Å². The topological polar surface area (TPSA) is 45.8 Å². The molecule has 0 amide bonds. The zero-order chi connectivity index (χ0) is 20.4. The minimum atomic E-state index is 0.0340. The smallest absolute Gasteiger partial charge is 0.171 e. The van der Waals surface area contributed by atoms with Crippen LogP contribution >= 0.6 is 12.2 Å². The van der Waals surface area contributed by atoms with E-state index >= 15 is 0 Å². The number of thiocarbonyl (C=S) groups is 1. The van der Waals surface area contributed by atoms with E-state index in [1.54, 1.807) is 14.2 Å². The molecule has 5 nitrogen and oxygen atoms in total. The Hall–Kier alpha value is -2.83. The van der Waals surface area contributed by atoms with Crippen LogP contribution in [0.25, 0.3) is 6.08 Å². The Bertz CT molecular complexity index is 965. The molecule has 6 heteroatoms. The average Bonchev–Trinajstić information content (AvgIpc) is 2.74. The molecule has 0 saturated heterocycles. The molecule has 0 aromatic heterocycles. The Morgan fingerprint density at radius 2 is 1.59 bits per heavy atom. The Morgan fingerprint density at radius 1 is 0.966 bits per heavy atom. The standard InChI is InChI=1S/C23H25N3O2S/c1-26-13-17(12-15-4-8-18(27-2)9-5-15)22-20(14-26)21(24-23(29)25-22)16-6-10-19(28-3)11-7-16/h4-12,21H,13-14H2,1-3H3,(H2,24,25,29). The van der Waals surface area contributed by atoms with E-state index in [1.807, 2.05) is 24.3 Å². The van der Waals surface area contributed by atoms with Crippen LogP contribution in [0.5, 0.6) is 11.5 Å². The third-order valence-electron chi connectivity index (χ3n) is 5.29. The van der Waals surface area contributed by atoms with Crippen molar-refractivity contribution in [3.8, 4) is 11.5 Å². The maximum absolute atomic E-state index is 5.54. The largest absolute Gasteiger partial charge is 0.497 e. The van der Waals surface area contributed by atoms with Gasteiger partial charge in [-0.15, -0.1) is 0 Å². The highest BCUT2D eigenvalue weighted by molar-refractivity contribution is 7.80. The highest BCUT2D eigenvalue weighted by Gasteiger charge is 2.32. The van der Waals surface area contributed by atoms with Crippen molar-refractivity contribution in [2.75, 3.05) is 34.4 Å². The van der Waals surface area contributed by atoms with Gasteiger partial charge in [-0.1, -0.05) is 24.3 Å². The Labute approximate surface area is 177 Å². The maximum atomic E-state index is 5.54. The van der Waals surface area contributed by atoms with Crippen LogP contribution < -0.4 is 20.1 Å². The van der Waals surface area contributed by atoms with Crippen molar-refractivity contribution in [2.24, 2.45) is 0 Å². The molecule has 1 unspecified atom stereocenters. The highest BCUT2D eigenvalue weighted by Crippen LogP contribution is 2.34. The lowest BCUT2D eigenvalue weighted by Gasteiger charge is -2.39. The summed E-state index contributed by atoms with van der Waals surface area (Å²) in [4.78, 5) is 2.32. The number of ether oxygens (including phenoxy) is 2. The molecule has 150 valence electrons. The molecule has 2 aromatic rings. The van der Waals surface area contributed by atoms with Gasteiger partial charge in [0.05, 0.1) is 20.3 Å². The number of hydrogen-bond donors (Lipinski definition) is 2. The Kier molecular flexibility index (Phi) is 5.56. The number of rotatable bonds is 4. The van der Waals surface area contributed by atoms with Gasteiger partial charge in [-0.25, -0.2) is 0 Å². The van der Waals surface area contributed by atoms with Crippen LogP contribution in [0.2, 0.25) is 0 Å². The molecule has 2 aliphatic rings. The first-order valence-electron chi connectivity index (χ1n) is 9.55. The lowest BCUT2D eigenvalue weighted by molar-refractivity contribution is 0.364. The number of hydrogen-bond acceptors (Lipinski definition) is 4. The normalized spacial score (nSPS) is 20.7. The van der Waals surface area contributed by atoms with Crippen molar-refractivity contribution in [2.45, 2.75) is 6.04 Å². The van der Waals surface area contributed by atoms with Crippen LogP contribution in [-0.4, -0.2) is 44.4 Å². The van der Waals surface area contributed by atoms with Gasteiger partial charge in [0.2, 0.25) is 0 Å². The second-order valence-electron chi connectivity index (χ2n) is 7.32. The predicted molar refractivity (Wildman–Crippen MR) is 120 cm³/mol. The third-order valence-corrected chi connectivity index (χ3v) is 5.51. The molecule has 29 heavy (non-hydrogen) atoms. The van der Waals surface area contributed by atoms with Gasteiger partial charge >= 0.3 is 0 Å². The van der Waals surface area contributed by atoms with E-state index in [-0.39, 0.29) is 6.04 Å². The van der Waals surface area contributed by atoms with E-state index in [2.05, 4.69) is 52.9 Å². The van der Waals surface area contributed by atoms with E-state index in [0.29, 0.717) is 5.11 Å². The molecule has 0 fully saturated rings. The first-order chi connectivity index (χ1) is 14.1. The summed E-state index contributed by atoms with van der Waals surface area (Å²) in [6, 6.07) is 16.3. The van der Waals surface area contributed by atoms with Crippen LogP contribution in [0.15, 0.2) is 65.4 Å². The van der Waals surface area contributed by atoms with Crippen molar-refractivity contribution < 1.29 is 9.47 Å². The van der Waals surface area contributed by atoms with Gasteiger partial charge in [0, 0.05) is 18.8 Å².